The molecule has 3 heterocycles. The summed E-state index contributed by atoms with van der Waals surface area (Å²) in [5.41, 5.74) is 2.70. The second-order valence-electron chi connectivity index (χ2n) is 8.07. The largest absolute Gasteiger partial charge is 0.356 e. The van der Waals surface area contributed by atoms with Crippen LogP contribution in [0.3, 0.4) is 0 Å². The van der Waals surface area contributed by atoms with E-state index in [2.05, 4.69) is 25.3 Å². The fourth-order valence-corrected chi connectivity index (χ4v) is 4.08. The Bertz CT molecular complexity index is 1170. The van der Waals surface area contributed by atoms with Crippen molar-refractivity contribution in [2.45, 2.75) is 33.6 Å². The first-order valence-corrected chi connectivity index (χ1v) is 10.5. The smallest absolute Gasteiger partial charge is 0.293 e. The summed E-state index contributed by atoms with van der Waals surface area (Å²) >= 11 is 0. The van der Waals surface area contributed by atoms with Gasteiger partial charge in [-0.05, 0) is 45.2 Å². The zero-order valence-corrected chi connectivity index (χ0v) is 18.3. The number of anilines is 2. The minimum Gasteiger partial charge on any atom is -0.356 e. The summed E-state index contributed by atoms with van der Waals surface area (Å²) in [6.45, 7) is 6.88. The highest BCUT2D eigenvalue weighted by atomic mass is 16.6. The topological polar surface area (TPSA) is 119 Å². The molecule has 1 N–H and O–H groups in total. The molecule has 10 nitrogen and oxygen atoms in total. The summed E-state index contributed by atoms with van der Waals surface area (Å²) < 4.78 is 1.77. The van der Waals surface area contributed by atoms with Crippen LogP contribution in [0.5, 0.6) is 0 Å². The first-order valence-electron chi connectivity index (χ1n) is 10.5. The van der Waals surface area contributed by atoms with E-state index in [1.165, 1.54) is 12.4 Å². The lowest BCUT2D eigenvalue weighted by Gasteiger charge is -2.33. The Morgan fingerprint density at radius 1 is 1.19 bits per heavy atom. The lowest BCUT2D eigenvalue weighted by molar-refractivity contribution is -0.384. The molecule has 1 saturated heterocycles. The van der Waals surface area contributed by atoms with Crippen molar-refractivity contribution < 1.29 is 9.72 Å². The van der Waals surface area contributed by atoms with Crippen LogP contribution < -0.4 is 10.2 Å². The van der Waals surface area contributed by atoms with Crippen LogP contribution in [0.2, 0.25) is 0 Å². The third kappa shape index (κ3) is 4.29. The van der Waals surface area contributed by atoms with E-state index in [0.717, 1.165) is 30.2 Å². The van der Waals surface area contributed by atoms with Crippen molar-refractivity contribution >= 4 is 23.1 Å². The maximum Gasteiger partial charge on any atom is 0.293 e. The molecule has 1 amide bonds. The number of carbonyl (C=O) groups excluding carboxylic acids is 1. The highest BCUT2D eigenvalue weighted by Gasteiger charge is 2.29. The van der Waals surface area contributed by atoms with E-state index < -0.39 is 4.92 Å². The molecule has 1 unspecified atom stereocenters. The van der Waals surface area contributed by atoms with Gasteiger partial charge in [0, 0.05) is 30.9 Å². The van der Waals surface area contributed by atoms with Crippen LogP contribution in [0.25, 0.3) is 5.82 Å². The van der Waals surface area contributed by atoms with Crippen LogP contribution in [0.4, 0.5) is 17.2 Å². The van der Waals surface area contributed by atoms with Crippen molar-refractivity contribution in [1.29, 1.82) is 0 Å². The molecule has 1 atom stereocenters. The number of carbonyl (C=O) groups is 1. The van der Waals surface area contributed by atoms with Gasteiger partial charge in [-0.1, -0.05) is 12.1 Å². The second-order valence-corrected chi connectivity index (χ2v) is 8.07. The number of hydrogen-bond donors (Lipinski definition) is 1. The molecular formula is C22H25N7O3. The van der Waals surface area contributed by atoms with Crippen LogP contribution in [0, 0.1) is 36.8 Å². The number of hydrogen-bond acceptors (Lipinski definition) is 7. The van der Waals surface area contributed by atoms with Crippen molar-refractivity contribution in [3.8, 4) is 5.82 Å². The van der Waals surface area contributed by atoms with E-state index in [4.69, 9.17) is 0 Å². The van der Waals surface area contributed by atoms with Gasteiger partial charge in [0.25, 0.3) is 5.69 Å². The summed E-state index contributed by atoms with van der Waals surface area (Å²) in [6, 6.07) is 8.61. The molecule has 0 radical (unpaired) electrons. The SMILES string of the molecule is Cc1cc(C)n(-c2cc(N3CCCC(C(=O)Nc4c(C)cccc4[N+](=O)[O-])C3)ncn2)n1. The summed E-state index contributed by atoms with van der Waals surface area (Å²) in [5.74, 6) is 0.861. The first-order chi connectivity index (χ1) is 15.3. The van der Waals surface area contributed by atoms with Gasteiger partial charge in [-0.15, -0.1) is 0 Å². The molecule has 166 valence electrons. The van der Waals surface area contributed by atoms with Gasteiger partial charge in [-0.3, -0.25) is 14.9 Å². The summed E-state index contributed by atoms with van der Waals surface area (Å²) in [6.07, 6.45) is 3.02. The minimum atomic E-state index is -0.475. The Hall–Kier alpha value is -3.82. The number of nitro benzene ring substituents is 1. The zero-order chi connectivity index (χ0) is 22.8. The third-order valence-electron chi connectivity index (χ3n) is 5.68. The average molecular weight is 435 g/mol. The summed E-state index contributed by atoms with van der Waals surface area (Å²) in [4.78, 5) is 34.7. The molecule has 3 aromatic rings. The molecule has 1 aliphatic rings. The minimum absolute atomic E-state index is 0.101. The predicted octanol–water partition coefficient (Wildman–Crippen LogP) is 3.35. The molecule has 4 rings (SSSR count). The number of amides is 1. The summed E-state index contributed by atoms with van der Waals surface area (Å²) in [7, 11) is 0. The lowest BCUT2D eigenvalue weighted by atomic mass is 9.96. The van der Waals surface area contributed by atoms with E-state index >= 15 is 0 Å². The van der Waals surface area contributed by atoms with Crippen LogP contribution in [0.15, 0.2) is 36.7 Å². The van der Waals surface area contributed by atoms with E-state index in [1.54, 1.807) is 23.7 Å². The van der Waals surface area contributed by atoms with Crippen LogP contribution in [-0.2, 0) is 4.79 Å². The molecule has 0 saturated carbocycles. The van der Waals surface area contributed by atoms with Gasteiger partial charge in [-0.2, -0.15) is 5.10 Å². The Morgan fingerprint density at radius 3 is 2.69 bits per heavy atom. The van der Waals surface area contributed by atoms with Gasteiger partial charge in [-0.25, -0.2) is 14.6 Å². The fourth-order valence-electron chi connectivity index (χ4n) is 4.08. The third-order valence-corrected chi connectivity index (χ3v) is 5.68. The van der Waals surface area contributed by atoms with E-state index in [1.807, 2.05) is 26.0 Å². The predicted molar refractivity (Wildman–Crippen MR) is 120 cm³/mol. The molecule has 0 aliphatic carbocycles. The maximum atomic E-state index is 13.0. The molecule has 1 aliphatic heterocycles. The standard InChI is InChI=1S/C22H25N7O3/c1-14-6-4-8-18(29(31)32)21(14)25-22(30)17-7-5-9-27(12-17)19-11-20(24-13-23-19)28-16(3)10-15(2)26-28/h4,6,8,10-11,13,17H,5,7,9,12H2,1-3H3,(H,25,30). The van der Waals surface area contributed by atoms with E-state index in [9.17, 15) is 14.9 Å². The number of nitrogens with zero attached hydrogens (tertiary/aromatic N) is 6. The van der Waals surface area contributed by atoms with Gasteiger partial charge < -0.3 is 10.2 Å². The summed E-state index contributed by atoms with van der Waals surface area (Å²) in [5, 5.41) is 18.6. The van der Waals surface area contributed by atoms with Gasteiger partial charge in [0.05, 0.1) is 16.5 Å². The Labute approximate surface area is 185 Å². The van der Waals surface area contributed by atoms with Crippen molar-refractivity contribution in [3.05, 3.63) is 63.7 Å². The van der Waals surface area contributed by atoms with Gasteiger partial charge in [0.15, 0.2) is 5.82 Å². The highest BCUT2D eigenvalue weighted by Crippen LogP contribution is 2.30. The fraction of sp³-hybridized carbons (Fsp3) is 0.364. The highest BCUT2D eigenvalue weighted by molar-refractivity contribution is 5.96. The number of nitro groups is 1. The number of para-hydroxylation sites is 1. The molecule has 0 spiro atoms. The van der Waals surface area contributed by atoms with E-state index in [-0.39, 0.29) is 23.2 Å². The number of rotatable bonds is 5. The average Bonchev–Trinajstić information content (AvgIpc) is 3.13. The molecule has 1 fully saturated rings. The van der Waals surface area contributed by atoms with Crippen LogP contribution >= 0.6 is 0 Å². The number of piperidine rings is 1. The molecule has 10 heteroatoms. The molecule has 32 heavy (non-hydrogen) atoms. The van der Waals surface area contributed by atoms with Crippen molar-refractivity contribution in [1.82, 2.24) is 19.7 Å². The molecule has 1 aromatic carbocycles. The van der Waals surface area contributed by atoms with Gasteiger partial charge >= 0.3 is 0 Å². The number of aryl methyl sites for hydroxylation is 3. The normalized spacial score (nSPS) is 16.1. The van der Waals surface area contributed by atoms with Crippen molar-refractivity contribution in [2.24, 2.45) is 5.92 Å². The number of nitrogens with one attached hydrogen (secondary N) is 1. The zero-order valence-electron chi connectivity index (χ0n) is 18.3. The number of aromatic nitrogens is 4. The first kappa shape index (κ1) is 21.4. The quantitative estimate of drug-likeness (QED) is 0.482. The second kappa shape index (κ2) is 8.74. The van der Waals surface area contributed by atoms with Gasteiger partial charge in [0.1, 0.15) is 17.8 Å². The Morgan fingerprint density at radius 2 is 1.97 bits per heavy atom. The molecule has 2 aromatic heterocycles. The maximum absolute atomic E-state index is 13.0. The lowest BCUT2D eigenvalue weighted by Crippen LogP contribution is -2.41. The van der Waals surface area contributed by atoms with Crippen LogP contribution in [-0.4, -0.2) is 43.7 Å². The monoisotopic (exact) mass is 435 g/mol. The molecular weight excluding hydrogens is 410 g/mol. The van der Waals surface area contributed by atoms with Crippen molar-refractivity contribution in [3.63, 3.8) is 0 Å². The molecule has 0 bridgehead atoms. The van der Waals surface area contributed by atoms with Crippen molar-refractivity contribution in [2.75, 3.05) is 23.3 Å². The number of benzene rings is 1. The Balaban J connectivity index is 1.52. The van der Waals surface area contributed by atoms with Crippen LogP contribution in [0.1, 0.15) is 29.8 Å². The van der Waals surface area contributed by atoms with Gasteiger partial charge in [0.2, 0.25) is 5.91 Å². The van der Waals surface area contributed by atoms with E-state index in [0.29, 0.717) is 24.3 Å². The Kier molecular flexibility index (Phi) is 5.85.